The number of rotatable bonds is 4. The molecule has 1 heterocycles. The second-order valence-electron chi connectivity index (χ2n) is 5.85. The molecule has 1 aliphatic heterocycles. The lowest BCUT2D eigenvalue weighted by Gasteiger charge is -2.44. The zero-order valence-electron chi connectivity index (χ0n) is 11.5. The zero-order chi connectivity index (χ0) is 13.0. The van der Waals surface area contributed by atoms with Gasteiger partial charge in [0.05, 0.1) is 0 Å². The van der Waals surface area contributed by atoms with Gasteiger partial charge < -0.3 is 10.0 Å². The van der Waals surface area contributed by atoms with Gasteiger partial charge in [-0.15, -0.1) is 0 Å². The molecule has 1 N–H and O–H groups in total. The summed E-state index contributed by atoms with van der Waals surface area (Å²) in [7, 11) is 2.13. The van der Waals surface area contributed by atoms with Gasteiger partial charge >= 0.3 is 5.97 Å². The van der Waals surface area contributed by atoms with Crippen LogP contribution in [0.3, 0.4) is 0 Å². The maximum atomic E-state index is 10.7. The van der Waals surface area contributed by atoms with Crippen molar-refractivity contribution in [2.75, 3.05) is 26.7 Å². The molecule has 2 rings (SSSR count). The van der Waals surface area contributed by atoms with Gasteiger partial charge in [-0.1, -0.05) is 19.3 Å². The maximum Gasteiger partial charge on any atom is 0.303 e. The van der Waals surface area contributed by atoms with Crippen molar-refractivity contribution in [1.82, 2.24) is 9.80 Å². The Hall–Kier alpha value is -0.610. The van der Waals surface area contributed by atoms with Gasteiger partial charge in [-0.3, -0.25) is 9.69 Å². The average Bonchev–Trinajstić information content (AvgIpc) is 2.38. The molecule has 2 aliphatic rings. The number of carboxylic acid groups (broad SMARTS) is 1. The van der Waals surface area contributed by atoms with E-state index in [0.717, 1.165) is 32.1 Å². The third kappa shape index (κ3) is 3.69. The number of piperazine rings is 1. The molecule has 104 valence electrons. The molecule has 2 fully saturated rings. The Kier molecular flexibility index (Phi) is 5.01. The van der Waals surface area contributed by atoms with Gasteiger partial charge in [0.1, 0.15) is 0 Å². The summed E-state index contributed by atoms with van der Waals surface area (Å²) in [6, 6.07) is 1.19. The van der Waals surface area contributed by atoms with E-state index in [1.165, 1.54) is 32.1 Å². The zero-order valence-corrected chi connectivity index (χ0v) is 11.5. The number of hydrogen-bond donors (Lipinski definition) is 1. The Morgan fingerprint density at radius 3 is 2.61 bits per heavy atom. The van der Waals surface area contributed by atoms with Crippen LogP contribution in [0.5, 0.6) is 0 Å². The number of likely N-dealkylation sites (N-methyl/N-ethyl adjacent to an activating group) is 1. The van der Waals surface area contributed by atoms with E-state index in [4.69, 9.17) is 5.11 Å². The normalized spacial score (nSPS) is 28.4. The van der Waals surface area contributed by atoms with E-state index < -0.39 is 5.97 Å². The number of hydrogen-bond acceptors (Lipinski definition) is 3. The summed E-state index contributed by atoms with van der Waals surface area (Å²) in [6.45, 7) is 3.31. The molecule has 4 nitrogen and oxygen atoms in total. The van der Waals surface area contributed by atoms with Crippen molar-refractivity contribution in [2.24, 2.45) is 0 Å². The lowest BCUT2D eigenvalue weighted by Crippen LogP contribution is -2.54. The van der Waals surface area contributed by atoms with E-state index in [1.807, 2.05) is 0 Å². The molecule has 0 aromatic rings. The fourth-order valence-electron chi connectivity index (χ4n) is 3.35. The van der Waals surface area contributed by atoms with Gasteiger partial charge in [0, 0.05) is 38.1 Å². The number of carbonyl (C=O) groups is 1. The van der Waals surface area contributed by atoms with Gasteiger partial charge in [0.15, 0.2) is 0 Å². The number of aliphatic carboxylic acids is 1. The predicted molar refractivity (Wildman–Crippen MR) is 71.7 cm³/mol. The second-order valence-corrected chi connectivity index (χ2v) is 5.85. The molecule has 0 spiro atoms. The fraction of sp³-hybridized carbons (Fsp3) is 0.929. The van der Waals surface area contributed by atoms with Crippen molar-refractivity contribution < 1.29 is 9.90 Å². The number of nitrogens with zero attached hydrogens (tertiary/aromatic N) is 2. The van der Waals surface area contributed by atoms with Crippen LogP contribution in [-0.2, 0) is 4.79 Å². The predicted octanol–water partition coefficient (Wildman–Crippen LogP) is 1.80. The summed E-state index contributed by atoms with van der Waals surface area (Å²) >= 11 is 0. The van der Waals surface area contributed by atoms with Crippen molar-refractivity contribution in [2.45, 2.75) is 57.0 Å². The van der Waals surface area contributed by atoms with Gasteiger partial charge in [-0.2, -0.15) is 0 Å². The third-order valence-electron chi connectivity index (χ3n) is 4.59. The van der Waals surface area contributed by atoms with E-state index in [1.54, 1.807) is 0 Å². The van der Waals surface area contributed by atoms with E-state index in [9.17, 15) is 4.79 Å². The van der Waals surface area contributed by atoms with Crippen molar-refractivity contribution in [3.05, 3.63) is 0 Å². The van der Waals surface area contributed by atoms with Gasteiger partial charge in [0.25, 0.3) is 0 Å². The molecule has 18 heavy (non-hydrogen) atoms. The first-order valence-electron chi connectivity index (χ1n) is 7.33. The molecular formula is C14H26N2O2. The average molecular weight is 254 g/mol. The maximum absolute atomic E-state index is 10.7. The molecule has 0 radical (unpaired) electrons. The summed E-state index contributed by atoms with van der Waals surface area (Å²) in [5.41, 5.74) is 0. The van der Waals surface area contributed by atoms with Crippen LogP contribution in [0.15, 0.2) is 0 Å². The third-order valence-corrected chi connectivity index (χ3v) is 4.59. The Balaban J connectivity index is 1.84. The van der Waals surface area contributed by atoms with Crippen LogP contribution >= 0.6 is 0 Å². The Morgan fingerprint density at radius 2 is 1.94 bits per heavy atom. The van der Waals surface area contributed by atoms with Crippen LogP contribution in [0.25, 0.3) is 0 Å². The molecule has 1 atom stereocenters. The van der Waals surface area contributed by atoms with Crippen molar-refractivity contribution >= 4 is 5.97 Å². The van der Waals surface area contributed by atoms with Gasteiger partial charge in [0.2, 0.25) is 0 Å². The first kappa shape index (κ1) is 13.8. The summed E-state index contributed by atoms with van der Waals surface area (Å²) in [5, 5.41) is 8.81. The lowest BCUT2D eigenvalue weighted by atomic mass is 9.93. The molecule has 1 aliphatic carbocycles. The monoisotopic (exact) mass is 254 g/mol. The molecule has 0 bridgehead atoms. The van der Waals surface area contributed by atoms with Crippen LogP contribution in [0.4, 0.5) is 0 Å². The van der Waals surface area contributed by atoms with E-state index >= 15 is 0 Å². The molecule has 1 unspecified atom stereocenters. The summed E-state index contributed by atoms with van der Waals surface area (Å²) in [6.07, 6.45) is 7.91. The highest BCUT2D eigenvalue weighted by atomic mass is 16.4. The first-order valence-corrected chi connectivity index (χ1v) is 7.33. The van der Waals surface area contributed by atoms with Crippen molar-refractivity contribution in [3.8, 4) is 0 Å². The highest BCUT2D eigenvalue weighted by Gasteiger charge is 2.29. The van der Waals surface area contributed by atoms with Crippen LogP contribution in [0.2, 0.25) is 0 Å². The molecule has 1 saturated heterocycles. The smallest absolute Gasteiger partial charge is 0.303 e. The van der Waals surface area contributed by atoms with Crippen LogP contribution in [0.1, 0.15) is 44.9 Å². The summed E-state index contributed by atoms with van der Waals surface area (Å²) in [5.74, 6) is -0.668. The quantitative estimate of drug-likeness (QED) is 0.831. The SMILES string of the molecule is CN1CCN(C2CCCCC2)CC1CCC(=O)O. The Labute approximate surface area is 110 Å². The molecule has 0 aromatic carbocycles. The highest BCUT2D eigenvalue weighted by Crippen LogP contribution is 2.25. The van der Waals surface area contributed by atoms with E-state index in [2.05, 4.69) is 16.8 Å². The Morgan fingerprint density at radius 1 is 1.22 bits per heavy atom. The molecule has 1 saturated carbocycles. The van der Waals surface area contributed by atoms with Crippen molar-refractivity contribution in [3.63, 3.8) is 0 Å². The second kappa shape index (κ2) is 6.53. The topological polar surface area (TPSA) is 43.8 Å². The Bertz CT molecular complexity index is 277. The van der Waals surface area contributed by atoms with E-state index in [-0.39, 0.29) is 0 Å². The molecule has 4 heteroatoms. The van der Waals surface area contributed by atoms with Gasteiger partial charge in [-0.05, 0) is 26.3 Å². The van der Waals surface area contributed by atoms with Crippen molar-refractivity contribution in [1.29, 1.82) is 0 Å². The minimum Gasteiger partial charge on any atom is -0.481 e. The fourth-order valence-corrected chi connectivity index (χ4v) is 3.35. The first-order chi connectivity index (χ1) is 8.66. The highest BCUT2D eigenvalue weighted by molar-refractivity contribution is 5.66. The minimum absolute atomic E-state index is 0.299. The molecule has 0 amide bonds. The van der Waals surface area contributed by atoms with E-state index in [0.29, 0.717) is 12.5 Å². The summed E-state index contributed by atoms with van der Waals surface area (Å²) < 4.78 is 0. The van der Waals surface area contributed by atoms with Crippen LogP contribution in [-0.4, -0.2) is 59.6 Å². The summed E-state index contributed by atoms with van der Waals surface area (Å²) in [4.78, 5) is 15.7. The van der Waals surface area contributed by atoms with Crippen LogP contribution < -0.4 is 0 Å². The minimum atomic E-state index is -0.668. The number of carboxylic acids is 1. The molecule has 0 aromatic heterocycles. The lowest BCUT2D eigenvalue weighted by molar-refractivity contribution is -0.137. The molecular weight excluding hydrogens is 228 g/mol. The van der Waals surface area contributed by atoms with Gasteiger partial charge in [-0.25, -0.2) is 0 Å². The van der Waals surface area contributed by atoms with Crippen LogP contribution in [0, 0.1) is 0 Å². The largest absolute Gasteiger partial charge is 0.481 e. The standard InChI is InChI=1S/C14H26N2O2/c1-15-9-10-16(12-5-3-2-4-6-12)11-13(15)7-8-14(17)18/h12-13H,2-11H2,1H3,(H,17,18).